The van der Waals surface area contributed by atoms with E-state index in [1.807, 2.05) is 0 Å². The van der Waals surface area contributed by atoms with Gasteiger partial charge in [-0.1, -0.05) is 5.16 Å². The minimum Gasteiger partial charge on any atom is -0.457 e. The van der Waals surface area contributed by atoms with Crippen molar-refractivity contribution in [3.63, 3.8) is 0 Å². The van der Waals surface area contributed by atoms with Crippen molar-refractivity contribution < 1.29 is 24.0 Å². The number of carbonyl (C=O) groups excluding carboxylic acids is 3. The summed E-state index contributed by atoms with van der Waals surface area (Å²) in [6, 6.07) is 0. The quantitative estimate of drug-likeness (QED) is 0.334. The van der Waals surface area contributed by atoms with Crippen LogP contribution in [0.1, 0.15) is 26.6 Å². The Bertz CT molecular complexity index is 549. The molecular formula is C11H14N4O5S. The topological polar surface area (TPSA) is 120 Å². The number of amides is 1. The van der Waals surface area contributed by atoms with Crippen molar-refractivity contribution in [2.24, 2.45) is 5.16 Å². The van der Waals surface area contributed by atoms with Crippen molar-refractivity contribution in [3.05, 3.63) is 5.82 Å². The van der Waals surface area contributed by atoms with Crippen molar-refractivity contribution in [1.82, 2.24) is 9.36 Å². The van der Waals surface area contributed by atoms with Crippen LogP contribution in [0.15, 0.2) is 5.16 Å². The van der Waals surface area contributed by atoms with E-state index in [1.165, 1.54) is 0 Å². The highest BCUT2D eigenvalue weighted by atomic mass is 32.1. The molecule has 0 atom stereocenters. The Morgan fingerprint density at radius 3 is 2.71 bits per heavy atom. The minimum absolute atomic E-state index is 0.0106. The molecular weight excluding hydrogens is 300 g/mol. The lowest BCUT2D eigenvalue weighted by atomic mass is 10.2. The number of carbonyl (C=O) groups is 3. The number of rotatable bonds is 7. The molecule has 0 spiro atoms. The van der Waals surface area contributed by atoms with Crippen LogP contribution in [0.2, 0.25) is 0 Å². The van der Waals surface area contributed by atoms with E-state index >= 15 is 0 Å². The Balaban J connectivity index is 2.61. The van der Waals surface area contributed by atoms with Crippen LogP contribution in [0, 0.1) is 0 Å². The average Bonchev–Trinajstić information content (AvgIpc) is 2.81. The van der Waals surface area contributed by atoms with Crippen molar-refractivity contribution in [2.45, 2.75) is 26.4 Å². The van der Waals surface area contributed by atoms with Crippen LogP contribution in [0.4, 0.5) is 5.13 Å². The summed E-state index contributed by atoms with van der Waals surface area (Å²) in [5, 5.41) is 5.96. The van der Waals surface area contributed by atoms with Crippen LogP contribution in [-0.2, 0) is 24.0 Å². The third-order valence-corrected chi connectivity index (χ3v) is 2.36. The number of nitrogens with zero attached hydrogens (tertiary/aromatic N) is 3. The highest BCUT2D eigenvalue weighted by Crippen LogP contribution is 2.10. The van der Waals surface area contributed by atoms with Gasteiger partial charge in [0.2, 0.25) is 18.1 Å². The molecule has 0 saturated heterocycles. The molecule has 0 unspecified atom stereocenters. The van der Waals surface area contributed by atoms with Crippen LogP contribution in [0.25, 0.3) is 0 Å². The van der Waals surface area contributed by atoms with Gasteiger partial charge in [0.05, 0.1) is 0 Å². The summed E-state index contributed by atoms with van der Waals surface area (Å²) in [7, 11) is 0. The first-order chi connectivity index (χ1) is 9.85. The molecule has 1 aromatic heterocycles. The summed E-state index contributed by atoms with van der Waals surface area (Å²) in [5.74, 6) is -0.630. The normalized spacial score (nSPS) is 11.7. The molecule has 0 fully saturated rings. The van der Waals surface area contributed by atoms with Gasteiger partial charge in [0, 0.05) is 11.5 Å². The Kier molecular flexibility index (Phi) is 5.91. The molecule has 0 aliphatic rings. The molecule has 1 rings (SSSR count). The van der Waals surface area contributed by atoms with E-state index in [-0.39, 0.29) is 16.7 Å². The monoisotopic (exact) mass is 314 g/mol. The molecule has 0 aliphatic heterocycles. The third-order valence-electron chi connectivity index (χ3n) is 1.71. The number of nitrogens with one attached hydrogen (secondary N) is 1. The standard InChI is InChI=1S/C11H14N4O5S/c1-11(2,3)20-8(18)5-19-14-7(4-16)9-13-10(12-6-17)21-15-9/h4,6H,5H2,1-3H3,(H,12,13,15,17)/b14-7+. The molecule has 21 heavy (non-hydrogen) atoms. The summed E-state index contributed by atoms with van der Waals surface area (Å²) in [4.78, 5) is 41.1. The molecule has 0 saturated carbocycles. The molecule has 0 aliphatic carbocycles. The second-order valence-corrected chi connectivity index (χ2v) is 5.39. The van der Waals surface area contributed by atoms with E-state index in [9.17, 15) is 14.4 Å². The average molecular weight is 314 g/mol. The SMILES string of the molecule is CC(C)(C)OC(=O)CO/N=C(\C=O)c1nsc(NC=O)n1. The van der Waals surface area contributed by atoms with Crippen molar-refractivity contribution in [3.8, 4) is 0 Å². The second kappa shape index (κ2) is 7.43. The highest BCUT2D eigenvalue weighted by molar-refractivity contribution is 7.10. The van der Waals surface area contributed by atoms with Gasteiger partial charge in [-0.3, -0.25) is 9.59 Å². The fourth-order valence-electron chi connectivity index (χ4n) is 1.08. The first-order valence-electron chi connectivity index (χ1n) is 5.77. The van der Waals surface area contributed by atoms with Crippen LogP contribution >= 0.6 is 11.5 Å². The van der Waals surface area contributed by atoms with Gasteiger partial charge in [0.25, 0.3) is 0 Å². The lowest BCUT2D eigenvalue weighted by molar-refractivity contribution is -0.160. The lowest BCUT2D eigenvalue weighted by Gasteiger charge is -2.18. The van der Waals surface area contributed by atoms with Crippen LogP contribution in [-0.4, -0.2) is 45.9 Å². The van der Waals surface area contributed by atoms with E-state index in [0.717, 1.165) is 11.5 Å². The summed E-state index contributed by atoms with van der Waals surface area (Å²) in [5.41, 5.74) is -0.836. The zero-order chi connectivity index (χ0) is 15.9. The molecule has 1 amide bonds. The summed E-state index contributed by atoms with van der Waals surface area (Å²) in [6.45, 7) is 4.70. The van der Waals surface area contributed by atoms with Gasteiger partial charge in [0.15, 0.2) is 17.8 Å². The number of hydrogen-bond acceptors (Lipinski definition) is 9. The van der Waals surface area contributed by atoms with Gasteiger partial charge < -0.3 is 14.9 Å². The van der Waals surface area contributed by atoms with Crippen molar-refractivity contribution >= 4 is 41.0 Å². The van der Waals surface area contributed by atoms with E-state index in [2.05, 4.69) is 19.8 Å². The first kappa shape index (κ1) is 16.7. The van der Waals surface area contributed by atoms with Gasteiger partial charge in [-0.15, -0.1) is 0 Å². The highest BCUT2D eigenvalue weighted by Gasteiger charge is 2.17. The second-order valence-electron chi connectivity index (χ2n) is 4.64. The molecule has 114 valence electrons. The molecule has 0 aromatic carbocycles. The number of aldehydes is 1. The molecule has 0 bridgehead atoms. The van der Waals surface area contributed by atoms with Crippen LogP contribution < -0.4 is 5.32 Å². The zero-order valence-electron chi connectivity index (χ0n) is 11.7. The van der Waals surface area contributed by atoms with Gasteiger partial charge in [-0.25, -0.2) is 4.79 Å². The first-order valence-corrected chi connectivity index (χ1v) is 6.54. The number of esters is 1. The Morgan fingerprint density at radius 2 is 2.14 bits per heavy atom. The number of ether oxygens (including phenoxy) is 1. The fraction of sp³-hybridized carbons (Fsp3) is 0.455. The lowest BCUT2D eigenvalue weighted by Crippen LogP contribution is -2.26. The van der Waals surface area contributed by atoms with E-state index in [0.29, 0.717) is 12.7 Å². The maximum Gasteiger partial charge on any atom is 0.347 e. The molecule has 1 N–H and O–H groups in total. The van der Waals surface area contributed by atoms with Crippen molar-refractivity contribution in [2.75, 3.05) is 11.9 Å². The summed E-state index contributed by atoms with van der Waals surface area (Å²) in [6.07, 6.45) is 0.808. The minimum atomic E-state index is -0.635. The fourth-order valence-corrected chi connectivity index (χ4v) is 1.61. The summed E-state index contributed by atoms with van der Waals surface area (Å²) < 4.78 is 8.81. The van der Waals surface area contributed by atoms with Crippen molar-refractivity contribution in [1.29, 1.82) is 0 Å². The zero-order valence-corrected chi connectivity index (χ0v) is 12.5. The largest absolute Gasteiger partial charge is 0.457 e. The molecule has 0 radical (unpaired) electrons. The molecule has 9 nitrogen and oxygen atoms in total. The molecule has 10 heteroatoms. The predicted octanol–water partition coefficient (Wildman–Crippen LogP) is 0.368. The number of oxime groups is 1. The number of hydrogen-bond donors (Lipinski definition) is 1. The van der Waals surface area contributed by atoms with Gasteiger partial charge in [0.1, 0.15) is 5.60 Å². The third kappa shape index (κ3) is 6.08. The Morgan fingerprint density at radius 1 is 1.43 bits per heavy atom. The Hall–Kier alpha value is -2.36. The van der Waals surface area contributed by atoms with Gasteiger partial charge >= 0.3 is 5.97 Å². The van der Waals surface area contributed by atoms with Gasteiger partial charge in [-0.2, -0.15) is 9.36 Å². The van der Waals surface area contributed by atoms with E-state index in [4.69, 9.17) is 9.57 Å². The van der Waals surface area contributed by atoms with E-state index in [1.54, 1.807) is 20.8 Å². The maximum atomic E-state index is 11.4. The summed E-state index contributed by atoms with van der Waals surface area (Å²) >= 11 is 0.875. The number of aromatic nitrogens is 2. The maximum absolute atomic E-state index is 11.4. The number of anilines is 1. The smallest absolute Gasteiger partial charge is 0.347 e. The van der Waals surface area contributed by atoms with Gasteiger partial charge in [-0.05, 0) is 20.8 Å². The van der Waals surface area contributed by atoms with Crippen LogP contribution in [0.5, 0.6) is 0 Å². The van der Waals surface area contributed by atoms with Crippen LogP contribution in [0.3, 0.4) is 0 Å². The van der Waals surface area contributed by atoms with E-state index < -0.39 is 18.2 Å². The Labute approximate surface area is 124 Å². The molecule has 1 heterocycles. The molecule has 1 aromatic rings. The predicted molar refractivity (Wildman–Crippen MR) is 74.0 cm³/mol.